The average Bonchev–Trinajstić information content (AvgIpc) is 2.83. The van der Waals surface area contributed by atoms with Crippen molar-refractivity contribution in [1.29, 1.82) is 0 Å². The van der Waals surface area contributed by atoms with Gasteiger partial charge in [-0.3, -0.25) is 0 Å². The number of hydrogen-bond donors (Lipinski definition) is 1. The molecule has 6 heteroatoms. The largest absolute Gasteiger partial charge is 0.870 e. The minimum absolute atomic E-state index is 0. The average molecular weight is 256 g/mol. The van der Waals surface area contributed by atoms with Crippen LogP contribution < -0.4 is 10.5 Å². The number of benzene rings is 2. The zero-order chi connectivity index (χ0) is 12.4. The fourth-order valence-corrected chi connectivity index (χ4v) is 1.77. The van der Waals surface area contributed by atoms with E-state index < -0.39 is 0 Å². The van der Waals surface area contributed by atoms with Gasteiger partial charge in [-0.15, -0.1) is 5.10 Å². The Labute approximate surface area is 108 Å². The van der Waals surface area contributed by atoms with Crippen LogP contribution in [0.1, 0.15) is 0 Å². The summed E-state index contributed by atoms with van der Waals surface area (Å²) >= 11 is 0. The van der Waals surface area contributed by atoms with Crippen molar-refractivity contribution >= 4 is 0 Å². The summed E-state index contributed by atoms with van der Waals surface area (Å²) in [5.74, 6) is 0. The zero-order valence-corrected chi connectivity index (χ0v) is 9.97. The van der Waals surface area contributed by atoms with Gasteiger partial charge in [-0.25, -0.2) is 4.79 Å². The fourth-order valence-electron chi connectivity index (χ4n) is 1.77. The highest BCUT2D eigenvalue weighted by molar-refractivity contribution is 5.28. The molecule has 0 aliphatic carbocycles. The van der Waals surface area contributed by atoms with Crippen LogP contribution in [-0.2, 0) is 0 Å². The lowest BCUT2D eigenvalue weighted by atomic mass is 10.3. The molecule has 3 rings (SSSR count). The monoisotopic (exact) mass is 256 g/mol. The van der Waals surface area contributed by atoms with Crippen LogP contribution in [0.4, 0.5) is 0 Å². The molecule has 96 valence electrons. The van der Waals surface area contributed by atoms with Crippen molar-refractivity contribution in [3.63, 3.8) is 0 Å². The van der Waals surface area contributed by atoms with E-state index in [2.05, 4.69) is 10.2 Å². The van der Waals surface area contributed by atoms with E-state index >= 15 is 0 Å². The Morgan fingerprint density at radius 1 is 0.947 bits per heavy atom. The summed E-state index contributed by atoms with van der Waals surface area (Å²) < 4.78 is 0. The van der Waals surface area contributed by atoms with Gasteiger partial charge in [-0.05, 0) is 33.9 Å². The van der Waals surface area contributed by atoms with Crippen LogP contribution >= 0.6 is 0 Å². The summed E-state index contributed by atoms with van der Waals surface area (Å²) in [6.45, 7) is 0. The summed E-state index contributed by atoms with van der Waals surface area (Å²) in [5.41, 5.74) is 1.28. The number of rotatable bonds is 2. The van der Waals surface area contributed by atoms with Gasteiger partial charge in [-0.2, -0.15) is 0 Å². The number of para-hydroxylation sites is 2. The van der Waals surface area contributed by atoms with Crippen molar-refractivity contribution in [3.8, 4) is 11.4 Å². The van der Waals surface area contributed by atoms with Crippen molar-refractivity contribution < 1.29 is 10.3 Å². The summed E-state index contributed by atoms with van der Waals surface area (Å²) in [6, 6.07) is 19.0. The first-order chi connectivity index (χ1) is 8.84. The van der Waals surface area contributed by atoms with E-state index in [9.17, 15) is 4.79 Å². The molecule has 0 aliphatic heterocycles. The Balaban J connectivity index is 0.00000133. The number of nitrogens with zero attached hydrogens (tertiary/aromatic N) is 3. The lowest BCUT2D eigenvalue weighted by Crippen LogP contribution is -2.43. The van der Waals surface area contributed by atoms with Crippen LogP contribution in [0.15, 0.2) is 65.5 Å². The molecule has 0 aliphatic rings. The van der Waals surface area contributed by atoms with Crippen LogP contribution in [0, 0.1) is 0 Å². The molecule has 1 heterocycles. The molecule has 19 heavy (non-hydrogen) atoms. The number of aromatic amines is 1. The van der Waals surface area contributed by atoms with E-state index in [0.717, 1.165) is 11.4 Å². The summed E-state index contributed by atoms with van der Waals surface area (Å²) in [5, 5.41) is 6.60. The topological polar surface area (TPSA) is 84.6 Å². The van der Waals surface area contributed by atoms with Gasteiger partial charge in [0.1, 0.15) is 5.69 Å². The maximum absolute atomic E-state index is 11.4. The molecule has 0 saturated heterocycles. The van der Waals surface area contributed by atoms with Gasteiger partial charge in [-0.1, -0.05) is 36.4 Å². The first kappa shape index (κ1) is 12.7. The summed E-state index contributed by atoms with van der Waals surface area (Å²) in [7, 11) is 0. The first-order valence-corrected chi connectivity index (χ1v) is 5.57. The van der Waals surface area contributed by atoms with Gasteiger partial charge in [0, 0.05) is 5.10 Å². The van der Waals surface area contributed by atoms with Crippen molar-refractivity contribution in [3.05, 3.63) is 71.1 Å². The smallest absolute Gasteiger partial charge is 0.488 e. The number of nitrogens with one attached hydrogen (secondary N) is 1. The molecule has 0 fully saturated rings. The van der Waals surface area contributed by atoms with E-state index in [1.54, 1.807) is 4.80 Å². The molecule has 0 amide bonds. The third-order valence-electron chi connectivity index (χ3n) is 2.56. The van der Waals surface area contributed by atoms with Crippen molar-refractivity contribution in [2.75, 3.05) is 0 Å². The van der Waals surface area contributed by atoms with Crippen LogP contribution in [0.25, 0.3) is 11.4 Å². The second kappa shape index (κ2) is 5.28. The van der Waals surface area contributed by atoms with Crippen LogP contribution in [0.5, 0.6) is 0 Å². The number of hydrogen-bond acceptors (Lipinski definition) is 3. The van der Waals surface area contributed by atoms with Gasteiger partial charge < -0.3 is 5.48 Å². The second-order valence-corrected chi connectivity index (χ2v) is 3.79. The molecule has 0 atom stereocenters. The number of H-pyrrole nitrogens is 1. The zero-order valence-electron chi connectivity index (χ0n) is 9.97. The van der Waals surface area contributed by atoms with E-state index in [1.807, 2.05) is 60.7 Å². The molecule has 2 aromatic carbocycles. The Hall–Kier alpha value is -2.73. The van der Waals surface area contributed by atoms with Crippen molar-refractivity contribution in [2.24, 2.45) is 0 Å². The molecular formula is C13H12N4O2. The minimum Gasteiger partial charge on any atom is -0.870 e. The maximum Gasteiger partial charge on any atom is 0.488 e. The second-order valence-electron chi connectivity index (χ2n) is 3.79. The van der Waals surface area contributed by atoms with Gasteiger partial charge in [0.2, 0.25) is 0 Å². The van der Waals surface area contributed by atoms with E-state index in [4.69, 9.17) is 0 Å². The summed E-state index contributed by atoms with van der Waals surface area (Å²) in [6.07, 6.45) is 0. The number of aromatic nitrogens is 4. The van der Waals surface area contributed by atoms with Crippen molar-refractivity contribution in [1.82, 2.24) is 15.0 Å². The molecule has 0 spiro atoms. The van der Waals surface area contributed by atoms with Gasteiger partial charge in [0.25, 0.3) is 0 Å². The lowest BCUT2D eigenvalue weighted by molar-refractivity contribution is -0.735. The predicted molar refractivity (Wildman–Crippen MR) is 67.7 cm³/mol. The molecule has 1 aromatic heterocycles. The molecule has 3 aromatic rings. The van der Waals surface area contributed by atoms with E-state index in [1.165, 1.54) is 4.80 Å². The van der Waals surface area contributed by atoms with E-state index in [0.29, 0.717) is 0 Å². The Morgan fingerprint density at radius 2 is 1.53 bits per heavy atom. The van der Waals surface area contributed by atoms with Gasteiger partial charge in [0.15, 0.2) is 5.69 Å². The predicted octanol–water partition coefficient (Wildman–Crippen LogP) is 0.660. The van der Waals surface area contributed by atoms with E-state index in [-0.39, 0.29) is 11.2 Å². The molecule has 0 unspecified atom stereocenters. The number of tetrazole rings is 1. The first-order valence-electron chi connectivity index (χ1n) is 5.57. The molecular weight excluding hydrogens is 244 g/mol. The third-order valence-corrected chi connectivity index (χ3v) is 2.56. The normalized spacial score (nSPS) is 9.89. The molecule has 6 nitrogen and oxygen atoms in total. The van der Waals surface area contributed by atoms with Crippen molar-refractivity contribution in [2.45, 2.75) is 0 Å². The van der Waals surface area contributed by atoms with Crippen LogP contribution in [0.3, 0.4) is 0 Å². The fraction of sp³-hybridized carbons (Fsp3) is 0. The quantitative estimate of drug-likeness (QED) is 0.683. The molecule has 0 saturated carbocycles. The van der Waals surface area contributed by atoms with Crippen LogP contribution in [-0.4, -0.2) is 20.5 Å². The highest BCUT2D eigenvalue weighted by atomic mass is 16.2. The highest BCUT2D eigenvalue weighted by Crippen LogP contribution is 2.02. The Kier molecular flexibility index (Phi) is 3.53. The Bertz CT molecular complexity index is 644. The molecule has 2 N–H and O–H groups in total. The molecule has 0 radical (unpaired) electrons. The third kappa shape index (κ3) is 2.43. The highest BCUT2D eigenvalue weighted by Gasteiger charge is 2.15. The Morgan fingerprint density at radius 3 is 2.16 bits per heavy atom. The lowest BCUT2D eigenvalue weighted by Gasteiger charge is -2.00. The maximum atomic E-state index is 11.4. The van der Waals surface area contributed by atoms with Crippen LogP contribution in [0.2, 0.25) is 0 Å². The van der Waals surface area contributed by atoms with Gasteiger partial charge >= 0.3 is 5.69 Å². The standard InChI is InChI=1S/C13H10N4O.H2O/c18-13-14-16(11-7-3-1-4-8-11)17(15-13)12-9-5-2-6-10-12;/h1-10H;1H2. The van der Waals surface area contributed by atoms with Gasteiger partial charge in [0.05, 0.1) is 0 Å². The molecule has 0 bridgehead atoms. The summed E-state index contributed by atoms with van der Waals surface area (Å²) in [4.78, 5) is 14.6. The minimum atomic E-state index is -0.386. The SMILES string of the molecule is O=c1n[n+](-c2ccccc2)n(-c2ccccc2)[nH]1.[OH-].